The summed E-state index contributed by atoms with van der Waals surface area (Å²) in [5, 5.41) is 23.1. The monoisotopic (exact) mass is 532 g/mol. The number of benzene rings is 3. The number of nitro groups is 1. The zero-order valence-electron chi connectivity index (χ0n) is 19.8. The van der Waals surface area contributed by atoms with E-state index in [9.17, 15) is 24.8 Å². The maximum Gasteiger partial charge on any atom is 0.407 e. The fraction of sp³-hybridized carbons (Fsp3) is 0.143. The van der Waals surface area contributed by atoms with Crippen molar-refractivity contribution in [2.45, 2.75) is 18.4 Å². The smallest absolute Gasteiger partial charge is 0.407 e. The molecule has 0 aliphatic heterocycles. The quantitative estimate of drug-likeness (QED) is 0.209. The number of carboxylic acids is 1. The van der Waals surface area contributed by atoms with Crippen LogP contribution >= 0.6 is 11.6 Å². The maximum atomic E-state index is 12.6. The number of furan rings is 1. The molecule has 1 aromatic heterocycles. The lowest BCUT2D eigenvalue weighted by Crippen LogP contribution is -2.42. The first-order valence-electron chi connectivity index (χ1n) is 11.7. The van der Waals surface area contributed by atoms with Gasteiger partial charge in [-0.1, -0.05) is 60.1 Å². The number of halogens is 1. The van der Waals surface area contributed by atoms with Gasteiger partial charge in [0.2, 0.25) is 0 Å². The van der Waals surface area contributed by atoms with Crippen LogP contribution in [-0.2, 0) is 16.0 Å². The fourth-order valence-electron chi connectivity index (χ4n) is 4.63. The summed E-state index contributed by atoms with van der Waals surface area (Å²) in [5.74, 6) is -0.828. The third kappa shape index (κ3) is 4.96. The number of hydrogen-bond acceptors (Lipinski definition) is 6. The molecule has 1 unspecified atom stereocenters. The van der Waals surface area contributed by atoms with E-state index < -0.39 is 23.0 Å². The highest BCUT2D eigenvalue weighted by molar-refractivity contribution is 6.33. The Balaban J connectivity index is 1.24. The van der Waals surface area contributed by atoms with E-state index >= 15 is 0 Å². The molecule has 1 aliphatic carbocycles. The number of aliphatic carboxylic acids is 1. The highest BCUT2D eigenvalue weighted by atomic mass is 35.5. The van der Waals surface area contributed by atoms with Crippen molar-refractivity contribution in [1.82, 2.24) is 5.32 Å². The number of fused-ring (bicyclic) bond motifs is 3. The van der Waals surface area contributed by atoms with Gasteiger partial charge in [-0.15, -0.1) is 0 Å². The van der Waals surface area contributed by atoms with Crippen molar-refractivity contribution in [3.63, 3.8) is 0 Å². The average molecular weight is 533 g/mol. The second-order valence-electron chi connectivity index (χ2n) is 8.75. The van der Waals surface area contributed by atoms with Crippen molar-refractivity contribution in [3.8, 4) is 22.5 Å². The van der Waals surface area contributed by atoms with Gasteiger partial charge in [-0.05, 0) is 40.5 Å². The van der Waals surface area contributed by atoms with Gasteiger partial charge < -0.3 is 19.6 Å². The van der Waals surface area contributed by atoms with Gasteiger partial charge >= 0.3 is 12.1 Å². The molecular weight excluding hydrogens is 512 g/mol. The molecule has 0 spiro atoms. The first kappa shape index (κ1) is 25.0. The maximum absolute atomic E-state index is 12.6. The summed E-state index contributed by atoms with van der Waals surface area (Å²) in [5.41, 5.74) is 4.52. The van der Waals surface area contributed by atoms with Gasteiger partial charge in [0.05, 0.1) is 9.95 Å². The molecule has 5 rings (SSSR count). The Morgan fingerprint density at radius 1 is 1.00 bits per heavy atom. The molecule has 0 radical (unpaired) electrons. The summed E-state index contributed by atoms with van der Waals surface area (Å²) < 4.78 is 11.2. The van der Waals surface area contributed by atoms with E-state index in [0.717, 1.165) is 22.3 Å². The molecule has 1 atom stereocenters. The molecule has 4 aromatic rings. The number of nitro benzene ring substituents is 1. The van der Waals surface area contributed by atoms with Gasteiger partial charge in [0.15, 0.2) is 0 Å². The number of nitrogens with one attached hydrogen (secondary N) is 1. The van der Waals surface area contributed by atoms with Crippen LogP contribution in [0, 0.1) is 10.1 Å². The number of hydrogen-bond donors (Lipinski definition) is 2. The van der Waals surface area contributed by atoms with E-state index in [4.69, 9.17) is 20.8 Å². The molecule has 9 nitrogen and oxygen atoms in total. The van der Waals surface area contributed by atoms with Crippen molar-refractivity contribution in [2.75, 3.05) is 6.61 Å². The van der Waals surface area contributed by atoms with Gasteiger partial charge in [-0.25, -0.2) is 9.59 Å². The van der Waals surface area contributed by atoms with E-state index in [-0.39, 0.29) is 35.4 Å². The number of nitrogens with zero attached hydrogens (tertiary/aromatic N) is 1. The Morgan fingerprint density at radius 3 is 2.26 bits per heavy atom. The van der Waals surface area contributed by atoms with Crippen LogP contribution in [0.25, 0.3) is 22.5 Å². The molecule has 38 heavy (non-hydrogen) atoms. The van der Waals surface area contributed by atoms with Gasteiger partial charge in [0, 0.05) is 30.0 Å². The van der Waals surface area contributed by atoms with Crippen LogP contribution in [0.1, 0.15) is 22.8 Å². The van der Waals surface area contributed by atoms with Crippen LogP contribution in [0.3, 0.4) is 0 Å². The molecule has 0 saturated heterocycles. The van der Waals surface area contributed by atoms with Crippen molar-refractivity contribution < 1.29 is 28.8 Å². The minimum atomic E-state index is -1.31. The van der Waals surface area contributed by atoms with Crippen molar-refractivity contribution in [3.05, 3.63) is 111 Å². The summed E-state index contributed by atoms with van der Waals surface area (Å²) in [6.07, 6.45) is -1.01. The van der Waals surface area contributed by atoms with Crippen LogP contribution in [0.4, 0.5) is 10.5 Å². The fourth-order valence-corrected chi connectivity index (χ4v) is 4.90. The molecule has 2 N–H and O–H groups in total. The van der Waals surface area contributed by atoms with E-state index in [1.165, 1.54) is 18.2 Å². The average Bonchev–Trinajstić information content (AvgIpc) is 3.49. The van der Waals surface area contributed by atoms with Gasteiger partial charge in [0.25, 0.3) is 5.69 Å². The van der Waals surface area contributed by atoms with Crippen molar-refractivity contribution in [2.24, 2.45) is 0 Å². The van der Waals surface area contributed by atoms with E-state index in [1.54, 1.807) is 12.1 Å². The normalized spacial score (nSPS) is 12.9. The third-order valence-electron chi connectivity index (χ3n) is 6.43. The van der Waals surface area contributed by atoms with E-state index in [1.807, 2.05) is 48.5 Å². The Morgan fingerprint density at radius 2 is 1.66 bits per heavy atom. The first-order chi connectivity index (χ1) is 18.3. The summed E-state index contributed by atoms with van der Waals surface area (Å²) >= 11 is 6.16. The van der Waals surface area contributed by atoms with E-state index in [0.29, 0.717) is 11.3 Å². The molecule has 1 aliphatic rings. The van der Waals surface area contributed by atoms with Gasteiger partial charge in [-0.3, -0.25) is 10.1 Å². The molecule has 0 fully saturated rings. The molecular formula is C28H21ClN2O7. The van der Waals surface area contributed by atoms with E-state index in [2.05, 4.69) is 5.32 Å². The summed E-state index contributed by atoms with van der Waals surface area (Å²) in [6, 6.07) is 21.6. The third-order valence-corrected chi connectivity index (χ3v) is 6.74. The molecule has 10 heteroatoms. The number of carbonyl (C=O) groups excluding carboxylic acids is 1. The Bertz CT molecular complexity index is 1500. The minimum absolute atomic E-state index is 0.0513. The minimum Gasteiger partial charge on any atom is -0.480 e. The molecule has 1 heterocycles. The predicted octanol–water partition coefficient (Wildman–Crippen LogP) is 6.04. The Hall–Kier alpha value is -4.63. The second kappa shape index (κ2) is 10.4. The van der Waals surface area contributed by atoms with Crippen LogP contribution in [-0.4, -0.2) is 34.7 Å². The number of amides is 1. The number of carboxylic acid groups (broad SMARTS) is 1. The Labute approximate surface area is 221 Å². The van der Waals surface area contributed by atoms with Crippen molar-refractivity contribution in [1.29, 1.82) is 0 Å². The van der Waals surface area contributed by atoms with Crippen LogP contribution in [0.15, 0.2) is 83.3 Å². The highest BCUT2D eigenvalue weighted by Crippen LogP contribution is 2.44. The lowest BCUT2D eigenvalue weighted by Gasteiger charge is -2.17. The lowest BCUT2D eigenvalue weighted by atomic mass is 9.98. The number of non-ortho nitro benzene ring substituents is 1. The molecule has 1 amide bonds. The summed E-state index contributed by atoms with van der Waals surface area (Å²) in [6.45, 7) is 0.0513. The second-order valence-corrected chi connectivity index (χ2v) is 9.16. The van der Waals surface area contributed by atoms with Crippen LogP contribution in [0.2, 0.25) is 5.02 Å². The zero-order valence-corrected chi connectivity index (χ0v) is 20.6. The number of rotatable bonds is 8. The predicted molar refractivity (Wildman–Crippen MR) is 139 cm³/mol. The molecule has 0 bridgehead atoms. The summed E-state index contributed by atoms with van der Waals surface area (Å²) in [7, 11) is 0. The summed E-state index contributed by atoms with van der Waals surface area (Å²) in [4.78, 5) is 34.8. The Kier molecular flexibility index (Phi) is 6.85. The molecule has 192 valence electrons. The van der Waals surface area contributed by atoms with Gasteiger partial charge in [0.1, 0.15) is 24.2 Å². The molecule has 3 aromatic carbocycles. The topological polar surface area (TPSA) is 132 Å². The van der Waals surface area contributed by atoms with Gasteiger partial charge in [-0.2, -0.15) is 0 Å². The van der Waals surface area contributed by atoms with Crippen molar-refractivity contribution >= 4 is 29.4 Å². The molecule has 0 saturated carbocycles. The van der Waals surface area contributed by atoms with Crippen LogP contribution in [0.5, 0.6) is 0 Å². The number of alkyl carbamates (subject to hydrolysis) is 1. The SMILES string of the molecule is O=C(NC(Cc1ccc(-c2ccc([N+](=O)[O-])cc2Cl)o1)C(=O)O)OCC1c2ccccc2-c2ccccc21. The highest BCUT2D eigenvalue weighted by Gasteiger charge is 2.30. The first-order valence-corrected chi connectivity index (χ1v) is 12.1. The standard InChI is InChI=1S/C28H21ClN2O7/c29-24-13-16(31(35)36)9-11-22(24)26-12-10-17(38-26)14-25(27(32)33)30-28(34)37-15-23-20-7-3-1-5-18(20)19-6-2-4-8-21(19)23/h1-13,23,25H,14-15H2,(H,30,34)(H,32,33). The zero-order chi connectivity index (χ0) is 26.8. The number of carbonyl (C=O) groups is 2. The van der Waals surface area contributed by atoms with Crippen LogP contribution < -0.4 is 5.32 Å². The largest absolute Gasteiger partial charge is 0.480 e. The lowest BCUT2D eigenvalue weighted by molar-refractivity contribution is -0.384. The number of ether oxygens (including phenoxy) is 1.